The van der Waals surface area contributed by atoms with E-state index in [1.165, 1.54) is 7.11 Å². The van der Waals surface area contributed by atoms with E-state index in [1.54, 1.807) is 29.3 Å². The number of hydrazine groups is 1. The summed E-state index contributed by atoms with van der Waals surface area (Å²) in [5.41, 5.74) is 3.45. The second-order valence-corrected chi connectivity index (χ2v) is 6.84. The van der Waals surface area contributed by atoms with E-state index in [9.17, 15) is 9.59 Å². The van der Waals surface area contributed by atoms with Gasteiger partial charge >= 0.3 is 11.9 Å². The van der Waals surface area contributed by atoms with E-state index in [-0.39, 0.29) is 0 Å². The number of hydrogen-bond acceptors (Lipinski definition) is 6. The molecule has 0 saturated heterocycles. The zero-order valence-electron chi connectivity index (χ0n) is 15.0. The highest BCUT2D eigenvalue weighted by Crippen LogP contribution is 2.33. The van der Waals surface area contributed by atoms with Crippen LogP contribution in [-0.4, -0.2) is 36.7 Å². The van der Waals surface area contributed by atoms with Crippen LogP contribution in [0.2, 0.25) is 0 Å². The third-order valence-corrected chi connectivity index (χ3v) is 3.78. The first-order chi connectivity index (χ1) is 11.1. The molecule has 6 heteroatoms. The number of carbonyl (C=O) groups is 2. The summed E-state index contributed by atoms with van der Waals surface area (Å²) in [5, 5.41) is 1.78. The Balaban J connectivity index is 2.45. The van der Waals surface area contributed by atoms with Crippen LogP contribution in [0.15, 0.2) is 36.0 Å². The normalized spacial score (nSPS) is 20.6. The first kappa shape index (κ1) is 18.0. The smallest absolute Gasteiger partial charge is 0.337 e. The molecule has 0 amide bonds. The lowest BCUT2D eigenvalue weighted by atomic mass is 9.89. The molecule has 0 spiro atoms. The lowest BCUT2D eigenvalue weighted by Gasteiger charge is -2.32. The molecule has 1 aliphatic heterocycles. The van der Waals surface area contributed by atoms with Crippen molar-refractivity contribution in [2.75, 3.05) is 14.2 Å². The van der Waals surface area contributed by atoms with Gasteiger partial charge in [0.1, 0.15) is 5.60 Å². The van der Waals surface area contributed by atoms with Crippen LogP contribution in [0, 0.1) is 0 Å². The molecule has 1 N–H and O–H groups in total. The van der Waals surface area contributed by atoms with Gasteiger partial charge < -0.3 is 14.5 Å². The molecule has 0 radical (unpaired) electrons. The number of ether oxygens (including phenoxy) is 2. The maximum Gasteiger partial charge on any atom is 0.337 e. The quantitative estimate of drug-likeness (QED) is 0.857. The molecule has 1 aliphatic rings. The van der Waals surface area contributed by atoms with E-state index in [2.05, 4.69) is 5.43 Å². The van der Waals surface area contributed by atoms with Crippen molar-refractivity contribution in [3.63, 3.8) is 0 Å². The molecule has 1 unspecified atom stereocenters. The number of allylic oxidation sites excluding steroid dienone is 1. The van der Waals surface area contributed by atoms with Gasteiger partial charge in [0.05, 0.1) is 12.7 Å². The van der Waals surface area contributed by atoms with Crippen LogP contribution in [0.3, 0.4) is 0 Å². The van der Waals surface area contributed by atoms with Crippen molar-refractivity contribution >= 4 is 11.9 Å². The highest BCUT2D eigenvalue weighted by molar-refractivity contribution is 5.90. The average molecular weight is 332 g/mol. The molecule has 2 rings (SSSR count). The van der Waals surface area contributed by atoms with Gasteiger partial charge in [-0.3, -0.25) is 0 Å². The van der Waals surface area contributed by atoms with Crippen molar-refractivity contribution in [1.82, 2.24) is 10.4 Å². The summed E-state index contributed by atoms with van der Waals surface area (Å²) < 4.78 is 10.3. The first-order valence-corrected chi connectivity index (χ1v) is 7.72. The summed E-state index contributed by atoms with van der Waals surface area (Å²) in [6.07, 6.45) is 1.83. The summed E-state index contributed by atoms with van der Waals surface area (Å²) in [4.78, 5) is 24.5. The Bertz CT molecular complexity index is 673. The molecule has 0 saturated carbocycles. The second kappa shape index (κ2) is 6.28. The molecule has 0 fully saturated rings. The fourth-order valence-electron chi connectivity index (χ4n) is 2.51. The minimum atomic E-state index is -1.12. The number of methoxy groups -OCH3 is 1. The van der Waals surface area contributed by atoms with Crippen molar-refractivity contribution in [3.05, 3.63) is 47.2 Å². The fraction of sp³-hybridized carbons (Fsp3) is 0.444. The van der Waals surface area contributed by atoms with Crippen LogP contribution in [0.5, 0.6) is 0 Å². The lowest BCUT2D eigenvalue weighted by Crippen LogP contribution is -2.51. The largest absolute Gasteiger partial charge is 0.465 e. The van der Waals surface area contributed by atoms with E-state index < -0.39 is 23.1 Å². The Hall–Kier alpha value is -2.34. The Kier molecular flexibility index (Phi) is 4.71. The number of esters is 2. The summed E-state index contributed by atoms with van der Waals surface area (Å²) in [6, 6.07) is 6.73. The molecule has 130 valence electrons. The molecule has 1 aromatic rings. The van der Waals surface area contributed by atoms with Gasteiger partial charge in [0.25, 0.3) is 0 Å². The summed E-state index contributed by atoms with van der Waals surface area (Å²) >= 11 is 0. The molecule has 24 heavy (non-hydrogen) atoms. The molecule has 0 bridgehead atoms. The molecular weight excluding hydrogens is 308 g/mol. The monoisotopic (exact) mass is 332 g/mol. The van der Waals surface area contributed by atoms with Crippen molar-refractivity contribution in [2.45, 2.75) is 38.8 Å². The topological polar surface area (TPSA) is 67.9 Å². The zero-order chi connectivity index (χ0) is 18.1. The first-order valence-electron chi connectivity index (χ1n) is 7.72. The van der Waals surface area contributed by atoms with E-state index in [1.807, 2.05) is 40.8 Å². The highest BCUT2D eigenvalue weighted by Gasteiger charge is 2.46. The fourth-order valence-corrected chi connectivity index (χ4v) is 2.51. The predicted octanol–water partition coefficient (Wildman–Crippen LogP) is 2.36. The van der Waals surface area contributed by atoms with Gasteiger partial charge in [-0.05, 0) is 51.5 Å². The van der Waals surface area contributed by atoms with E-state index >= 15 is 0 Å². The molecule has 6 nitrogen and oxygen atoms in total. The maximum atomic E-state index is 12.9. The van der Waals surface area contributed by atoms with Crippen molar-refractivity contribution in [1.29, 1.82) is 0 Å². The van der Waals surface area contributed by atoms with Gasteiger partial charge in [0.2, 0.25) is 0 Å². The molecule has 0 aliphatic carbocycles. The van der Waals surface area contributed by atoms with Crippen LogP contribution < -0.4 is 5.43 Å². The summed E-state index contributed by atoms with van der Waals surface area (Å²) in [6.45, 7) is 7.39. The number of carbonyl (C=O) groups excluding carboxylic acids is 2. The molecule has 1 atom stereocenters. The Labute approximate surface area is 142 Å². The summed E-state index contributed by atoms with van der Waals surface area (Å²) in [5.74, 6) is -0.819. The highest BCUT2D eigenvalue weighted by atomic mass is 16.6. The molecule has 1 aromatic carbocycles. The van der Waals surface area contributed by atoms with Crippen LogP contribution >= 0.6 is 0 Å². The van der Waals surface area contributed by atoms with Crippen molar-refractivity contribution in [2.24, 2.45) is 0 Å². The number of rotatable bonds is 3. The Morgan fingerprint density at radius 2 is 1.75 bits per heavy atom. The minimum absolute atomic E-state index is 0.399. The number of benzene rings is 1. The van der Waals surface area contributed by atoms with Gasteiger partial charge in [0.15, 0.2) is 5.54 Å². The minimum Gasteiger partial charge on any atom is -0.465 e. The van der Waals surface area contributed by atoms with Crippen LogP contribution in [0.25, 0.3) is 0 Å². The lowest BCUT2D eigenvalue weighted by molar-refractivity contribution is -0.162. The van der Waals surface area contributed by atoms with Crippen molar-refractivity contribution < 1.29 is 19.1 Å². The van der Waals surface area contributed by atoms with Gasteiger partial charge in [-0.25, -0.2) is 15.0 Å². The van der Waals surface area contributed by atoms with E-state index in [0.717, 1.165) is 5.70 Å². The maximum absolute atomic E-state index is 12.9. The van der Waals surface area contributed by atoms with Crippen LogP contribution in [0.4, 0.5) is 0 Å². The van der Waals surface area contributed by atoms with Gasteiger partial charge in [-0.15, -0.1) is 0 Å². The molecular formula is C18H24N2O4. The average Bonchev–Trinajstić information content (AvgIpc) is 2.82. The number of nitrogens with one attached hydrogen (secondary N) is 1. The van der Waals surface area contributed by atoms with Gasteiger partial charge in [-0.1, -0.05) is 12.1 Å². The van der Waals surface area contributed by atoms with E-state index in [4.69, 9.17) is 9.47 Å². The zero-order valence-corrected chi connectivity index (χ0v) is 15.0. The molecule has 1 heterocycles. The standard InChI is InChI=1S/C18H24N2O4/c1-12-11-18(19-20(12)5,16(22)24-17(2,3)4)14-9-7-13(8-10-14)15(21)23-6/h7-11,19H,1-6H3. The Morgan fingerprint density at radius 3 is 2.17 bits per heavy atom. The van der Waals surface area contributed by atoms with Gasteiger partial charge in [0, 0.05) is 12.7 Å². The second-order valence-electron chi connectivity index (χ2n) is 6.84. The van der Waals surface area contributed by atoms with Gasteiger partial charge in [-0.2, -0.15) is 0 Å². The van der Waals surface area contributed by atoms with Crippen LogP contribution in [-0.2, 0) is 19.8 Å². The number of nitrogens with zero attached hydrogens (tertiary/aromatic N) is 1. The Morgan fingerprint density at radius 1 is 1.17 bits per heavy atom. The van der Waals surface area contributed by atoms with Crippen LogP contribution in [0.1, 0.15) is 43.6 Å². The SMILES string of the molecule is COC(=O)c1ccc(C2(C(=O)OC(C)(C)C)C=C(C)N(C)N2)cc1. The van der Waals surface area contributed by atoms with E-state index in [0.29, 0.717) is 11.1 Å². The predicted molar refractivity (Wildman–Crippen MR) is 90.0 cm³/mol. The third kappa shape index (κ3) is 3.43. The van der Waals surface area contributed by atoms with Crippen molar-refractivity contribution in [3.8, 4) is 0 Å². The number of hydrogen-bond donors (Lipinski definition) is 1. The third-order valence-electron chi connectivity index (χ3n) is 3.78. The molecule has 0 aromatic heterocycles. The summed E-state index contributed by atoms with van der Waals surface area (Å²) in [7, 11) is 3.17.